The van der Waals surface area contributed by atoms with Crippen LogP contribution in [0, 0.1) is 6.92 Å². The normalized spacial score (nSPS) is 16.1. The van der Waals surface area contributed by atoms with E-state index in [1.165, 1.54) is 29.7 Å². The lowest BCUT2D eigenvalue weighted by atomic mass is 9.95. The van der Waals surface area contributed by atoms with Crippen molar-refractivity contribution in [3.8, 4) is 0 Å². The quantitative estimate of drug-likeness (QED) is 0.645. The minimum atomic E-state index is 0.192. The van der Waals surface area contributed by atoms with Gasteiger partial charge in [0, 0.05) is 28.8 Å². The number of anilines is 1. The molecule has 1 aliphatic rings. The predicted molar refractivity (Wildman–Crippen MR) is 85.9 cm³/mol. The first-order chi connectivity index (χ1) is 9.65. The molecule has 0 aromatic heterocycles. The molecule has 1 aromatic carbocycles. The van der Waals surface area contributed by atoms with Crippen LogP contribution in [0.25, 0.3) is 0 Å². The highest BCUT2D eigenvalue weighted by Crippen LogP contribution is 2.24. The van der Waals surface area contributed by atoms with Gasteiger partial charge in [0.25, 0.3) is 0 Å². The summed E-state index contributed by atoms with van der Waals surface area (Å²) in [4.78, 5) is 13.1. The van der Waals surface area contributed by atoms with Crippen molar-refractivity contribution >= 4 is 23.4 Å². The van der Waals surface area contributed by atoms with E-state index in [1.807, 2.05) is 18.2 Å². The van der Waals surface area contributed by atoms with Gasteiger partial charge in [-0.05, 0) is 43.5 Å². The third kappa shape index (κ3) is 4.75. The van der Waals surface area contributed by atoms with Crippen molar-refractivity contribution in [2.75, 3.05) is 11.5 Å². The minimum absolute atomic E-state index is 0.192. The first kappa shape index (κ1) is 15.2. The van der Waals surface area contributed by atoms with Crippen LogP contribution in [0.5, 0.6) is 0 Å². The number of amides is 1. The van der Waals surface area contributed by atoms with Gasteiger partial charge in [0.05, 0.1) is 0 Å². The second-order valence-corrected chi connectivity index (χ2v) is 6.66. The van der Waals surface area contributed by atoms with Crippen molar-refractivity contribution in [1.29, 1.82) is 0 Å². The van der Waals surface area contributed by atoms with Crippen molar-refractivity contribution in [2.24, 2.45) is 0 Å². The van der Waals surface area contributed by atoms with E-state index in [0.717, 1.165) is 24.3 Å². The molecular weight excluding hydrogens is 268 g/mol. The number of carbonyl (C=O) groups excluding carboxylic acids is 1. The predicted octanol–water partition coefficient (Wildman–Crippen LogP) is 3.51. The number of nitrogens with two attached hydrogens (primary N) is 1. The fourth-order valence-corrected chi connectivity index (χ4v) is 3.59. The number of nitrogens with one attached hydrogen (secondary N) is 1. The van der Waals surface area contributed by atoms with Gasteiger partial charge < -0.3 is 11.1 Å². The highest BCUT2D eigenvalue weighted by Gasteiger charge is 2.15. The number of benzene rings is 1. The monoisotopic (exact) mass is 292 g/mol. The highest BCUT2D eigenvalue weighted by molar-refractivity contribution is 7.99. The van der Waals surface area contributed by atoms with E-state index in [9.17, 15) is 4.79 Å². The van der Waals surface area contributed by atoms with Gasteiger partial charge in [-0.1, -0.05) is 19.3 Å². The number of rotatable bonds is 5. The maximum absolute atomic E-state index is 11.9. The summed E-state index contributed by atoms with van der Waals surface area (Å²) in [6, 6.07) is 6.34. The third-order valence-electron chi connectivity index (χ3n) is 3.76. The first-order valence-electron chi connectivity index (χ1n) is 7.43. The molecule has 4 heteroatoms. The molecule has 20 heavy (non-hydrogen) atoms. The molecule has 1 aromatic rings. The molecule has 0 aliphatic heterocycles. The van der Waals surface area contributed by atoms with Crippen LogP contribution < -0.4 is 11.1 Å². The van der Waals surface area contributed by atoms with Gasteiger partial charge in [0.15, 0.2) is 0 Å². The van der Waals surface area contributed by atoms with E-state index in [-0.39, 0.29) is 5.91 Å². The highest BCUT2D eigenvalue weighted by atomic mass is 32.2. The van der Waals surface area contributed by atoms with E-state index in [4.69, 9.17) is 5.73 Å². The molecule has 0 bridgehead atoms. The number of carbonyl (C=O) groups is 1. The zero-order valence-electron chi connectivity index (χ0n) is 12.2. The second-order valence-electron chi connectivity index (χ2n) is 5.53. The Balaban J connectivity index is 1.70. The maximum Gasteiger partial charge on any atom is 0.221 e. The first-order valence-corrected chi connectivity index (χ1v) is 8.42. The van der Waals surface area contributed by atoms with E-state index < -0.39 is 0 Å². The number of hydrogen-bond acceptors (Lipinski definition) is 3. The van der Waals surface area contributed by atoms with Crippen LogP contribution in [0.3, 0.4) is 0 Å². The Hall–Kier alpha value is -1.16. The largest absolute Gasteiger partial charge is 0.399 e. The topological polar surface area (TPSA) is 55.1 Å². The lowest BCUT2D eigenvalue weighted by molar-refractivity contribution is -0.121. The molecule has 0 heterocycles. The Bertz CT molecular complexity index is 456. The average molecular weight is 292 g/mol. The SMILES string of the molecule is Cc1cc(N)ccc1SCCC(=O)NC1CCCCC1. The van der Waals surface area contributed by atoms with Gasteiger partial charge >= 0.3 is 0 Å². The number of hydrogen-bond donors (Lipinski definition) is 2. The summed E-state index contributed by atoms with van der Waals surface area (Å²) in [7, 11) is 0. The summed E-state index contributed by atoms with van der Waals surface area (Å²) in [6.07, 6.45) is 6.71. The van der Waals surface area contributed by atoms with Crippen molar-refractivity contribution in [3.05, 3.63) is 23.8 Å². The Morgan fingerprint density at radius 2 is 2.10 bits per heavy atom. The molecule has 1 aliphatic carbocycles. The van der Waals surface area contributed by atoms with Crippen LogP contribution in [-0.2, 0) is 4.79 Å². The van der Waals surface area contributed by atoms with Crippen LogP contribution in [0.15, 0.2) is 23.1 Å². The molecule has 3 N–H and O–H groups in total. The number of aryl methyl sites for hydroxylation is 1. The molecule has 3 nitrogen and oxygen atoms in total. The van der Waals surface area contributed by atoms with Gasteiger partial charge in [-0.2, -0.15) is 0 Å². The van der Waals surface area contributed by atoms with E-state index in [2.05, 4.69) is 12.2 Å². The van der Waals surface area contributed by atoms with Crippen molar-refractivity contribution in [1.82, 2.24) is 5.32 Å². The fourth-order valence-electron chi connectivity index (χ4n) is 2.63. The van der Waals surface area contributed by atoms with Crippen molar-refractivity contribution in [3.63, 3.8) is 0 Å². The van der Waals surface area contributed by atoms with Gasteiger partial charge in [-0.3, -0.25) is 4.79 Å². The molecule has 1 fully saturated rings. The zero-order chi connectivity index (χ0) is 14.4. The van der Waals surface area contributed by atoms with Crippen LogP contribution in [0.4, 0.5) is 5.69 Å². The number of nitrogen functional groups attached to an aromatic ring is 1. The summed E-state index contributed by atoms with van der Waals surface area (Å²) in [5.41, 5.74) is 7.71. The Morgan fingerprint density at radius 3 is 2.80 bits per heavy atom. The van der Waals surface area contributed by atoms with Crippen LogP contribution >= 0.6 is 11.8 Å². The molecule has 110 valence electrons. The Kier molecular flexibility index (Phi) is 5.77. The molecule has 0 radical (unpaired) electrons. The van der Waals surface area contributed by atoms with Gasteiger partial charge in [-0.25, -0.2) is 0 Å². The van der Waals surface area contributed by atoms with Crippen LogP contribution in [-0.4, -0.2) is 17.7 Å². The van der Waals surface area contributed by atoms with E-state index in [0.29, 0.717) is 12.5 Å². The summed E-state index contributed by atoms with van der Waals surface area (Å²) >= 11 is 1.73. The second kappa shape index (κ2) is 7.58. The number of thioether (sulfide) groups is 1. The molecule has 0 spiro atoms. The molecular formula is C16H24N2OS. The van der Waals surface area contributed by atoms with Crippen LogP contribution in [0.1, 0.15) is 44.1 Å². The molecule has 0 unspecified atom stereocenters. The molecule has 1 amide bonds. The zero-order valence-corrected chi connectivity index (χ0v) is 13.0. The van der Waals surface area contributed by atoms with Crippen molar-refractivity contribution < 1.29 is 4.79 Å². The summed E-state index contributed by atoms with van der Waals surface area (Å²) in [5, 5.41) is 3.16. The van der Waals surface area contributed by atoms with Gasteiger partial charge in [-0.15, -0.1) is 11.8 Å². The van der Waals surface area contributed by atoms with Crippen molar-refractivity contribution in [2.45, 2.75) is 56.4 Å². The van der Waals surface area contributed by atoms with E-state index in [1.54, 1.807) is 11.8 Å². The maximum atomic E-state index is 11.9. The smallest absolute Gasteiger partial charge is 0.221 e. The Labute approximate surface area is 125 Å². The summed E-state index contributed by atoms with van der Waals surface area (Å²) in [6.45, 7) is 2.06. The fraction of sp³-hybridized carbons (Fsp3) is 0.562. The summed E-state index contributed by atoms with van der Waals surface area (Å²) < 4.78 is 0. The molecule has 2 rings (SSSR count). The molecule has 0 saturated heterocycles. The van der Waals surface area contributed by atoms with Gasteiger partial charge in [0.1, 0.15) is 0 Å². The van der Waals surface area contributed by atoms with E-state index >= 15 is 0 Å². The average Bonchev–Trinajstić information content (AvgIpc) is 2.42. The lowest BCUT2D eigenvalue weighted by Gasteiger charge is -2.22. The Morgan fingerprint density at radius 1 is 1.35 bits per heavy atom. The minimum Gasteiger partial charge on any atom is -0.399 e. The molecule has 1 saturated carbocycles. The standard InChI is InChI=1S/C16H24N2OS/c1-12-11-13(17)7-8-15(12)20-10-9-16(19)18-14-5-3-2-4-6-14/h7-8,11,14H,2-6,9-10,17H2,1H3,(H,18,19). The third-order valence-corrected chi connectivity index (χ3v) is 4.93. The summed E-state index contributed by atoms with van der Waals surface area (Å²) in [5.74, 6) is 1.01. The lowest BCUT2D eigenvalue weighted by Crippen LogP contribution is -2.36. The van der Waals surface area contributed by atoms with Gasteiger partial charge in [0.2, 0.25) is 5.91 Å². The molecule has 0 atom stereocenters. The van der Waals surface area contributed by atoms with Crippen LogP contribution in [0.2, 0.25) is 0 Å².